The van der Waals surface area contributed by atoms with E-state index in [9.17, 15) is 0 Å². The van der Waals surface area contributed by atoms with Crippen LogP contribution < -0.4 is 10.6 Å². The highest BCUT2D eigenvalue weighted by atomic mass is 127. The van der Waals surface area contributed by atoms with Gasteiger partial charge in [0.05, 0.1) is 19.8 Å². The molecule has 138 valence electrons. The molecule has 0 aliphatic carbocycles. The number of guanidine groups is 1. The molecule has 5 nitrogen and oxygen atoms in total. The van der Waals surface area contributed by atoms with Crippen LogP contribution in [-0.2, 0) is 4.74 Å². The van der Waals surface area contributed by atoms with Crippen molar-refractivity contribution in [3.8, 4) is 0 Å². The number of rotatable bonds is 7. The molecule has 1 fully saturated rings. The minimum absolute atomic E-state index is 0. The summed E-state index contributed by atoms with van der Waals surface area (Å²) in [5.41, 5.74) is 0.391. The Morgan fingerprint density at radius 3 is 2.48 bits per heavy atom. The summed E-state index contributed by atoms with van der Waals surface area (Å²) in [6.45, 7) is 17.7. The molecule has 1 aliphatic heterocycles. The molecule has 0 bridgehead atoms. The average Bonchev–Trinajstić information content (AvgIpc) is 2.46. The summed E-state index contributed by atoms with van der Waals surface area (Å²) in [5.74, 6) is 0.942. The molecular formula is C17H37IN4O. The van der Waals surface area contributed by atoms with Gasteiger partial charge in [-0.25, -0.2) is 0 Å². The van der Waals surface area contributed by atoms with Crippen LogP contribution in [-0.4, -0.2) is 62.8 Å². The summed E-state index contributed by atoms with van der Waals surface area (Å²) in [7, 11) is 0. The van der Waals surface area contributed by atoms with Crippen LogP contribution in [0.5, 0.6) is 0 Å². The minimum Gasteiger partial charge on any atom is -0.379 e. The van der Waals surface area contributed by atoms with E-state index in [-0.39, 0.29) is 24.0 Å². The van der Waals surface area contributed by atoms with E-state index >= 15 is 0 Å². The number of aliphatic imine (C=N–C) groups is 1. The van der Waals surface area contributed by atoms with Gasteiger partial charge in [0.1, 0.15) is 0 Å². The Balaban J connectivity index is 0.00000484. The van der Waals surface area contributed by atoms with Crippen LogP contribution in [0.25, 0.3) is 0 Å². The first-order valence-corrected chi connectivity index (χ1v) is 8.75. The summed E-state index contributed by atoms with van der Waals surface area (Å²) in [5, 5.41) is 6.87. The lowest BCUT2D eigenvalue weighted by atomic mass is 9.89. The fraction of sp³-hybridized carbons (Fsp3) is 0.941. The number of hydrogen-bond donors (Lipinski definition) is 2. The molecule has 0 aromatic heterocycles. The van der Waals surface area contributed by atoms with Crippen molar-refractivity contribution >= 4 is 29.9 Å². The molecule has 0 amide bonds. The standard InChI is InChI=1S/C17H36N4O.HI/c1-6-18-16(20-15(2)7-8-17(3,4)5)19-9-10-21-11-13-22-14-12-21;/h15H,6-14H2,1-5H3,(H2,18,19,20);1H. The molecule has 1 saturated heterocycles. The van der Waals surface area contributed by atoms with Gasteiger partial charge in [-0.05, 0) is 32.1 Å². The Bertz CT molecular complexity index is 325. The highest BCUT2D eigenvalue weighted by Crippen LogP contribution is 2.21. The summed E-state index contributed by atoms with van der Waals surface area (Å²) >= 11 is 0. The zero-order valence-electron chi connectivity index (χ0n) is 15.7. The highest BCUT2D eigenvalue weighted by molar-refractivity contribution is 14.0. The number of nitrogens with zero attached hydrogens (tertiary/aromatic N) is 2. The van der Waals surface area contributed by atoms with Crippen molar-refractivity contribution in [1.29, 1.82) is 0 Å². The molecule has 0 radical (unpaired) electrons. The predicted molar refractivity (Wildman–Crippen MR) is 110 cm³/mol. The van der Waals surface area contributed by atoms with Gasteiger partial charge in [0.2, 0.25) is 0 Å². The zero-order chi connectivity index (χ0) is 16.4. The van der Waals surface area contributed by atoms with E-state index in [1.807, 2.05) is 0 Å². The molecule has 1 heterocycles. The summed E-state index contributed by atoms with van der Waals surface area (Å²) < 4.78 is 5.37. The van der Waals surface area contributed by atoms with E-state index < -0.39 is 0 Å². The van der Waals surface area contributed by atoms with Crippen LogP contribution in [0.1, 0.15) is 47.5 Å². The van der Waals surface area contributed by atoms with Crippen molar-refractivity contribution < 1.29 is 4.74 Å². The molecule has 1 aliphatic rings. The van der Waals surface area contributed by atoms with Gasteiger partial charge in [0, 0.05) is 32.2 Å². The smallest absolute Gasteiger partial charge is 0.191 e. The van der Waals surface area contributed by atoms with E-state index in [0.29, 0.717) is 11.5 Å². The number of ether oxygens (including phenoxy) is 1. The van der Waals surface area contributed by atoms with Crippen molar-refractivity contribution in [2.75, 3.05) is 45.9 Å². The maximum atomic E-state index is 5.37. The lowest BCUT2D eigenvalue weighted by Gasteiger charge is -2.26. The van der Waals surface area contributed by atoms with Gasteiger partial charge in [0.25, 0.3) is 0 Å². The molecule has 0 aromatic rings. The second-order valence-corrected chi connectivity index (χ2v) is 7.36. The Labute approximate surface area is 160 Å². The maximum absolute atomic E-state index is 5.37. The van der Waals surface area contributed by atoms with Gasteiger partial charge in [-0.2, -0.15) is 0 Å². The van der Waals surface area contributed by atoms with E-state index in [4.69, 9.17) is 9.73 Å². The third-order valence-electron chi connectivity index (χ3n) is 3.84. The van der Waals surface area contributed by atoms with Gasteiger partial charge in [0.15, 0.2) is 5.96 Å². The normalized spacial score (nSPS) is 18.2. The van der Waals surface area contributed by atoms with Crippen LogP contribution in [0.3, 0.4) is 0 Å². The first-order valence-electron chi connectivity index (χ1n) is 8.75. The lowest BCUT2D eigenvalue weighted by molar-refractivity contribution is 0.0394. The number of nitrogens with one attached hydrogen (secondary N) is 2. The Kier molecular flexibility index (Phi) is 12.3. The van der Waals surface area contributed by atoms with Crippen molar-refractivity contribution in [2.24, 2.45) is 10.4 Å². The van der Waals surface area contributed by atoms with Gasteiger partial charge >= 0.3 is 0 Å². The molecule has 1 atom stereocenters. The number of halogens is 1. The quantitative estimate of drug-likeness (QED) is 0.363. The fourth-order valence-electron chi connectivity index (χ4n) is 2.40. The van der Waals surface area contributed by atoms with Crippen LogP contribution in [0.2, 0.25) is 0 Å². The Morgan fingerprint density at radius 1 is 1.26 bits per heavy atom. The SMILES string of the molecule is CCNC(=NCCN1CCOCC1)NC(C)CCC(C)(C)C.I. The molecule has 2 N–H and O–H groups in total. The predicted octanol–water partition coefficient (Wildman–Crippen LogP) is 2.71. The summed E-state index contributed by atoms with van der Waals surface area (Å²) in [4.78, 5) is 7.12. The number of morpholine rings is 1. The molecule has 0 spiro atoms. The molecule has 1 unspecified atom stereocenters. The van der Waals surface area contributed by atoms with Crippen molar-refractivity contribution in [1.82, 2.24) is 15.5 Å². The van der Waals surface area contributed by atoms with E-state index in [1.165, 1.54) is 6.42 Å². The van der Waals surface area contributed by atoms with Crippen molar-refractivity contribution in [2.45, 2.75) is 53.5 Å². The second-order valence-electron chi connectivity index (χ2n) is 7.36. The monoisotopic (exact) mass is 440 g/mol. The van der Waals surface area contributed by atoms with Gasteiger partial charge in [-0.1, -0.05) is 20.8 Å². The molecule has 23 heavy (non-hydrogen) atoms. The van der Waals surface area contributed by atoms with E-state index in [1.54, 1.807) is 0 Å². The van der Waals surface area contributed by atoms with E-state index in [0.717, 1.165) is 58.3 Å². The lowest BCUT2D eigenvalue weighted by Crippen LogP contribution is -2.43. The molecule has 6 heteroatoms. The van der Waals surface area contributed by atoms with E-state index in [2.05, 4.69) is 50.2 Å². The largest absolute Gasteiger partial charge is 0.379 e. The van der Waals surface area contributed by atoms with Crippen LogP contribution in [0.4, 0.5) is 0 Å². The van der Waals surface area contributed by atoms with Crippen LogP contribution in [0, 0.1) is 5.41 Å². The first-order chi connectivity index (χ1) is 10.4. The van der Waals surface area contributed by atoms with Crippen LogP contribution in [0.15, 0.2) is 4.99 Å². The van der Waals surface area contributed by atoms with Crippen molar-refractivity contribution in [3.05, 3.63) is 0 Å². The third-order valence-corrected chi connectivity index (χ3v) is 3.84. The molecule has 0 saturated carbocycles. The van der Waals surface area contributed by atoms with Gasteiger partial charge in [-0.15, -0.1) is 24.0 Å². The topological polar surface area (TPSA) is 48.9 Å². The summed E-state index contributed by atoms with van der Waals surface area (Å²) in [6, 6.07) is 0.445. The highest BCUT2D eigenvalue weighted by Gasteiger charge is 2.13. The minimum atomic E-state index is 0. The maximum Gasteiger partial charge on any atom is 0.191 e. The first kappa shape index (κ1) is 22.9. The van der Waals surface area contributed by atoms with Crippen LogP contribution >= 0.6 is 24.0 Å². The van der Waals surface area contributed by atoms with Gasteiger partial charge < -0.3 is 15.4 Å². The number of hydrogen-bond acceptors (Lipinski definition) is 3. The van der Waals surface area contributed by atoms with Crippen molar-refractivity contribution in [3.63, 3.8) is 0 Å². The average molecular weight is 440 g/mol. The second kappa shape index (κ2) is 12.3. The van der Waals surface area contributed by atoms with Gasteiger partial charge in [-0.3, -0.25) is 9.89 Å². The third kappa shape index (κ3) is 12.0. The summed E-state index contributed by atoms with van der Waals surface area (Å²) in [6.07, 6.45) is 2.38. The molecular weight excluding hydrogens is 403 g/mol. The Morgan fingerprint density at radius 2 is 1.91 bits per heavy atom. The fourth-order valence-corrected chi connectivity index (χ4v) is 2.40. The zero-order valence-corrected chi connectivity index (χ0v) is 18.0. The molecule has 0 aromatic carbocycles. The molecule has 1 rings (SSSR count). The Hall–Kier alpha value is -0.0800.